The molecule has 0 fully saturated rings. The van der Waals surface area contributed by atoms with Crippen molar-refractivity contribution in [1.29, 1.82) is 0 Å². The van der Waals surface area contributed by atoms with Crippen LogP contribution in [-0.4, -0.2) is 62.0 Å². The van der Waals surface area contributed by atoms with Gasteiger partial charge in [-0.2, -0.15) is 4.68 Å². The number of methoxy groups -OCH3 is 1. The lowest BCUT2D eigenvalue weighted by atomic mass is 10.1. The molecule has 1 aliphatic rings. The molecule has 2 bridgehead atoms. The number of H-pyrrole nitrogens is 1. The third-order valence-corrected chi connectivity index (χ3v) is 6.56. The third-order valence-electron chi connectivity index (χ3n) is 6.33. The minimum Gasteiger partial charge on any atom is -0.453 e. The standard InChI is InChI=1S/C27H26ClN9O5/c1-41-26(39)31-18-7-8-19-21(13-18)34-27(40)42-11-3-2-4-20(25-29-14-22(19)33-25)32-24(38)10-5-16-12-17(28)6-9-23(16)37-15-30-35-36-37/h5-10,12-15,20H,2-4,11H2,1H3,(H,29,33)(H,31,39)(H,32,38)(H,34,40)/b10-5+. The van der Waals surface area contributed by atoms with E-state index in [0.717, 1.165) is 0 Å². The predicted octanol–water partition coefficient (Wildman–Crippen LogP) is 4.49. The number of amides is 3. The zero-order chi connectivity index (χ0) is 29.5. The molecule has 5 rings (SSSR count). The van der Waals surface area contributed by atoms with Gasteiger partial charge in [-0.25, -0.2) is 14.6 Å². The molecule has 42 heavy (non-hydrogen) atoms. The van der Waals surface area contributed by atoms with Gasteiger partial charge in [-0.15, -0.1) is 5.10 Å². The number of aromatic nitrogens is 6. The lowest BCUT2D eigenvalue weighted by Crippen LogP contribution is -2.27. The Morgan fingerprint density at radius 3 is 2.90 bits per heavy atom. The summed E-state index contributed by atoms with van der Waals surface area (Å²) < 4.78 is 11.5. The number of aromatic amines is 1. The zero-order valence-electron chi connectivity index (χ0n) is 22.3. The van der Waals surface area contributed by atoms with Gasteiger partial charge in [0.2, 0.25) is 5.91 Å². The van der Waals surface area contributed by atoms with E-state index in [0.29, 0.717) is 64.0 Å². The number of anilines is 2. The molecule has 3 amide bonds. The van der Waals surface area contributed by atoms with Gasteiger partial charge in [0.15, 0.2) is 0 Å². The van der Waals surface area contributed by atoms with Crippen LogP contribution in [0, 0.1) is 0 Å². The topological polar surface area (TPSA) is 178 Å². The van der Waals surface area contributed by atoms with Crippen LogP contribution in [0.15, 0.2) is 55.0 Å². The molecule has 2 aromatic carbocycles. The number of hydrogen-bond donors (Lipinski definition) is 4. The van der Waals surface area contributed by atoms with Crippen LogP contribution < -0.4 is 16.0 Å². The van der Waals surface area contributed by atoms with Crippen molar-refractivity contribution >= 4 is 47.1 Å². The smallest absolute Gasteiger partial charge is 0.411 e. The first-order chi connectivity index (χ1) is 20.4. The lowest BCUT2D eigenvalue weighted by molar-refractivity contribution is -0.117. The number of tetrazole rings is 1. The maximum atomic E-state index is 13.1. The highest BCUT2D eigenvalue weighted by molar-refractivity contribution is 6.30. The van der Waals surface area contributed by atoms with E-state index < -0.39 is 18.2 Å². The molecule has 1 unspecified atom stereocenters. The molecule has 216 valence electrons. The number of hydrogen-bond acceptors (Lipinski definition) is 9. The van der Waals surface area contributed by atoms with Gasteiger partial charge in [-0.05, 0) is 72.2 Å². The molecule has 1 atom stereocenters. The van der Waals surface area contributed by atoms with Crippen molar-refractivity contribution in [2.75, 3.05) is 24.4 Å². The SMILES string of the molecule is COC(=O)Nc1ccc2c(c1)NC(=O)OCCCCC(NC(=O)/C=C/c1cc(Cl)ccc1-n1cnnn1)c1nc-2c[nH]1. The molecule has 0 spiro atoms. The Hall–Kier alpha value is -5.24. The van der Waals surface area contributed by atoms with Crippen LogP contribution in [0.2, 0.25) is 5.02 Å². The largest absolute Gasteiger partial charge is 0.453 e. The van der Waals surface area contributed by atoms with Crippen LogP contribution in [0.3, 0.4) is 0 Å². The van der Waals surface area contributed by atoms with E-state index in [2.05, 4.69) is 41.2 Å². The molecule has 0 saturated heterocycles. The van der Waals surface area contributed by atoms with Crippen molar-refractivity contribution in [3.8, 4) is 16.9 Å². The van der Waals surface area contributed by atoms with E-state index in [-0.39, 0.29) is 12.5 Å². The number of nitrogens with one attached hydrogen (secondary N) is 4. The summed E-state index contributed by atoms with van der Waals surface area (Å²) in [6, 6.07) is 9.64. The number of carbonyl (C=O) groups excluding carboxylic acids is 3. The van der Waals surface area contributed by atoms with E-state index in [9.17, 15) is 14.4 Å². The summed E-state index contributed by atoms with van der Waals surface area (Å²) in [7, 11) is 1.25. The molecule has 0 saturated carbocycles. The quantitative estimate of drug-likeness (QED) is 0.243. The summed E-state index contributed by atoms with van der Waals surface area (Å²) in [5.74, 6) is 0.190. The fourth-order valence-corrected chi connectivity index (χ4v) is 4.51. The van der Waals surface area contributed by atoms with E-state index in [1.807, 2.05) is 0 Å². The number of imidazole rings is 1. The Morgan fingerprint density at radius 1 is 1.21 bits per heavy atom. The molecular formula is C27H26ClN9O5. The first-order valence-corrected chi connectivity index (χ1v) is 13.3. The van der Waals surface area contributed by atoms with Gasteiger partial charge in [0.1, 0.15) is 12.2 Å². The maximum Gasteiger partial charge on any atom is 0.411 e. The second-order valence-corrected chi connectivity index (χ2v) is 9.59. The maximum absolute atomic E-state index is 13.1. The molecule has 1 aliphatic heterocycles. The molecule has 15 heteroatoms. The number of fused-ring (bicyclic) bond motifs is 4. The zero-order valence-corrected chi connectivity index (χ0v) is 23.1. The first kappa shape index (κ1) is 28.3. The summed E-state index contributed by atoms with van der Waals surface area (Å²) in [6.45, 7) is 0.180. The number of ether oxygens (including phenoxy) is 2. The van der Waals surface area contributed by atoms with Crippen molar-refractivity contribution in [1.82, 2.24) is 35.5 Å². The minimum absolute atomic E-state index is 0.180. The number of cyclic esters (lactones) is 1. The van der Waals surface area contributed by atoms with E-state index >= 15 is 0 Å². The minimum atomic E-state index is -0.654. The van der Waals surface area contributed by atoms with Gasteiger partial charge in [-0.1, -0.05) is 11.6 Å². The summed E-state index contributed by atoms with van der Waals surface area (Å²) in [4.78, 5) is 45.1. The van der Waals surface area contributed by atoms with Gasteiger partial charge in [-0.3, -0.25) is 15.4 Å². The van der Waals surface area contributed by atoms with Crippen molar-refractivity contribution in [2.24, 2.45) is 0 Å². The van der Waals surface area contributed by atoms with Crippen molar-refractivity contribution in [2.45, 2.75) is 25.3 Å². The highest BCUT2D eigenvalue weighted by atomic mass is 35.5. The summed E-state index contributed by atoms with van der Waals surface area (Å²) in [6.07, 6.45) is 6.63. The van der Waals surface area contributed by atoms with Crippen molar-refractivity contribution in [3.63, 3.8) is 0 Å². The number of rotatable bonds is 5. The van der Waals surface area contributed by atoms with E-state index in [1.54, 1.807) is 48.7 Å². The van der Waals surface area contributed by atoms with Gasteiger partial charge >= 0.3 is 12.2 Å². The molecule has 14 nitrogen and oxygen atoms in total. The lowest BCUT2D eigenvalue weighted by Gasteiger charge is -2.16. The van der Waals surface area contributed by atoms with Crippen LogP contribution in [0.1, 0.15) is 36.7 Å². The highest BCUT2D eigenvalue weighted by Crippen LogP contribution is 2.32. The number of benzene rings is 2. The first-order valence-electron chi connectivity index (χ1n) is 12.9. The Labute approximate surface area is 244 Å². The number of halogens is 1. The molecule has 4 N–H and O–H groups in total. The molecule has 4 aromatic rings. The monoisotopic (exact) mass is 591 g/mol. The van der Waals surface area contributed by atoms with Gasteiger partial charge in [0, 0.05) is 34.1 Å². The van der Waals surface area contributed by atoms with Gasteiger partial charge in [0.05, 0.1) is 36.8 Å². The van der Waals surface area contributed by atoms with E-state index in [4.69, 9.17) is 21.3 Å². The van der Waals surface area contributed by atoms with Crippen LogP contribution >= 0.6 is 11.6 Å². The third kappa shape index (κ3) is 6.90. The van der Waals surface area contributed by atoms with Gasteiger partial charge in [0.25, 0.3) is 0 Å². The predicted molar refractivity (Wildman–Crippen MR) is 153 cm³/mol. The summed E-state index contributed by atoms with van der Waals surface area (Å²) >= 11 is 6.19. The normalized spacial score (nSPS) is 15.3. The average molecular weight is 592 g/mol. The fraction of sp³-hybridized carbons (Fsp3) is 0.222. The molecule has 2 aromatic heterocycles. The van der Waals surface area contributed by atoms with Crippen LogP contribution in [0.4, 0.5) is 21.0 Å². The molecule has 0 radical (unpaired) electrons. The second-order valence-electron chi connectivity index (χ2n) is 9.16. The van der Waals surface area contributed by atoms with Crippen molar-refractivity contribution in [3.05, 3.63) is 71.4 Å². The Kier molecular flexibility index (Phi) is 8.72. The molecule has 3 heterocycles. The summed E-state index contributed by atoms with van der Waals surface area (Å²) in [5.41, 5.74) is 3.16. The van der Waals surface area contributed by atoms with Crippen molar-refractivity contribution < 1.29 is 23.9 Å². The summed E-state index contributed by atoms with van der Waals surface area (Å²) in [5, 5.41) is 20.0. The average Bonchev–Trinajstić information content (AvgIpc) is 3.68. The Balaban J connectivity index is 1.39. The fourth-order valence-electron chi connectivity index (χ4n) is 4.33. The van der Waals surface area contributed by atoms with Crippen LogP contribution in [0.25, 0.3) is 23.0 Å². The number of carbonyl (C=O) groups is 3. The van der Waals surface area contributed by atoms with Gasteiger partial charge < -0.3 is 19.8 Å². The molecular weight excluding hydrogens is 566 g/mol. The van der Waals surface area contributed by atoms with E-state index in [1.165, 1.54) is 24.2 Å². The second kappa shape index (κ2) is 13.0. The highest BCUT2D eigenvalue weighted by Gasteiger charge is 2.21. The Morgan fingerprint density at radius 2 is 2.10 bits per heavy atom. The Bertz CT molecular complexity index is 1620. The molecule has 0 aliphatic carbocycles. The number of nitrogens with zero attached hydrogens (tertiary/aromatic N) is 5. The van der Waals surface area contributed by atoms with Crippen LogP contribution in [-0.2, 0) is 14.3 Å². The van der Waals surface area contributed by atoms with Crippen LogP contribution in [0.5, 0.6) is 0 Å².